The van der Waals surface area contributed by atoms with Gasteiger partial charge in [0.05, 0.1) is 26.9 Å². The van der Waals surface area contributed by atoms with Crippen LogP contribution in [-0.4, -0.2) is 45.2 Å². The summed E-state index contributed by atoms with van der Waals surface area (Å²) in [6.07, 6.45) is 5.01. The molecule has 5 heteroatoms. The van der Waals surface area contributed by atoms with Gasteiger partial charge < -0.3 is 19.1 Å². The molecule has 0 atom stereocenters. The summed E-state index contributed by atoms with van der Waals surface area (Å²) in [5.74, 6) is 2.73. The molecule has 0 unspecified atom stereocenters. The lowest BCUT2D eigenvalue weighted by molar-refractivity contribution is -0.132. The number of ether oxygens (including phenoxy) is 3. The number of nitrogens with zero attached hydrogens (tertiary/aromatic N) is 1. The van der Waals surface area contributed by atoms with Crippen LogP contribution >= 0.6 is 0 Å². The third-order valence-electron chi connectivity index (χ3n) is 4.48. The second-order valence-corrected chi connectivity index (χ2v) is 5.94. The van der Waals surface area contributed by atoms with Crippen molar-refractivity contribution in [3.63, 3.8) is 0 Å². The van der Waals surface area contributed by atoms with Crippen LogP contribution in [-0.2, 0) is 4.79 Å². The molecule has 0 aromatic heterocycles. The van der Waals surface area contributed by atoms with Gasteiger partial charge in [0, 0.05) is 31.1 Å². The molecule has 0 spiro atoms. The number of benzene rings is 1. The molecule has 0 saturated heterocycles. The van der Waals surface area contributed by atoms with E-state index in [1.54, 1.807) is 21.3 Å². The SMILES string of the molecule is COc1cc(OC)c(C2=CCN(C(=O)C3CC3)CC2)c(OC)c1. The Morgan fingerprint density at radius 3 is 2.17 bits per heavy atom. The Morgan fingerprint density at radius 1 is 1.09 bits per heavy atom. The fraction of sp³-hybridized carbons (Fsp3) is 0.500. The molecule has 3 rings (SSSR count). The van der Waals surface area contributed by atoms with Crippen molar-refractivity contribution in [2.45, 2.75) is 19.3 Å². The Kier molecular flexibility index (Phi) is 4.46. The van der Waals surface area contributed by atoms with Gasteiger partial charge in [0.25, 0.3) is 0 Å². The summed E-state index contributed by atoms with van der Waals surface area (Å²) >= 11 is 0. The molecule has 2 aliphatic rings. The van der Waals surface area contributed by atoms with E-state index in [0.717, 1.165) is 48.4 Å². The van der Waals surface area contributed by atoms with Crippen LogP contribution in [0.15, 0.2) is 18.2 Å². The number of hydrogen-bond acceptors (Lipinski definition) is 4. The number of rotatable bonds is 5. The van der Waals surface area contributed by atoms with E-state index in [1.807, 2.05) is 17.0 Å². The monoisotopic (exact) mass is 317 g/mol. The third kappa shape index (κ3) is 3.14. The summed E-state index contributed by atoms with van der Waals surface area (Å²) in [5.41, 5.74) is 2.11. The zero-order valence-electron chi connectivity index (χ0n) is 13.9. The molecule has 23 heavy (non-hydrogen) atoms. The number of carbonyl (C=O) groups is 1. The predicted molar refractivity (Wildman–Crippen MR) is 88.0 cm³/mol. The lowest BCUT2D eigenvalue weighted by Gasteiger charge is -2.28. The first kappa shape index (κ1) is 15.7. The van der Waals surface area contributed by atoms with Crippen molar-refractivity contribution in [2.75, 3.05) is 34.4 Å². The number of methoxy groups -OCH3 is 3. The summed E-state index contributed by atoms with van der Waals surface area (Å²) in [5, 5.41) is 0. The fourth-order valence-corrected chi connectivity index (χ4v) is 3.01. The van der Waals surface area contributed by atoms with Crippen LogP contribution in [0, 0.1) is 5.92 Å². The summed E-state index contributed by atoms with van der Waals surface area (Å²) in [6.45, 7) is 1.41. The maximum absolute atomic E-state index is 12.2. The van der Waals surface area contributed by atoms with E-state index >= 15 is 0 Å². The Labute approximate surface area is 136 Å². The maximum atomic E-state index is 12.2. The van der Waals surface area contributed by atoms with Crippen molar-refractivity contribution in [1.82, 2.24) is 4.90 Å². The molecule has 1 aromatic carbocycles. The molecule has 1 saturated carbocycles. The van der Waals surface area contributed by atoms with E-state index in [4.69, 9.17) is 14.2 Å². The van der Waals surface area contributed by atoms with E-state index in [1.165, 1.54) is 0 Å². The van der Waals surface area contributed by atoms with Crippen LogP contribution in [0.5, 0.6) is 17.2 Å². The molecule has 5 nitrogen and oxygen atoms in total. The summed E-state index contributed by atoms with van der Waals surface area (Å²) in [7, 11) is 4.91. The van der Waals surface area contributed by atoms with Gasteiger partial charge in [-0.2, -0.15) is 0 Å². The van der Waals surface area contributed by atoms with E-state index in [2.05, 4.69) is 6.08 Å². The first-order valence-corrected chi connectivity index (χ1v) is 7.96. The fourth-order valence-electron chi connectivity index (χ4n) is 3.01. The molecule has 124 valence electrons. The minimum atomic E-state index is 0.273. The van der Waals surface area contributed by atoms with Crippen molar-refractivity contribution in [1.29, 1.82) is 0 Å². The first-order chi connectivity index (χ1) is 11.2. The van der Waals surface area contributed by atoms with Gasteiger partial charge in [-0.05, 0) is 24.8 Å². The average Bonchev–Trinajstić information content (AvgIpc) is 3.45. The van der Waals surface area contributed by atoms with Gasteiger partial charge in [0.1, 0.15) is 17.2 Å². The van der Waals surface area contributed by atoms with Crippen LogP contribution in [0.4, 0.5) is 0 Å². The third-order valence-corrected chi connectivity index (χ3v) is 4.48. The highest BCUT2D eigenvalue weighted by Crippen LogP contribution is 2.41. The first-order valence-electron chi connectivity index (χ1n) is 7.96. The second-order valence-electron chi connectivity index (χ2n) is 5.94. The molecule has 1 amide bonds. The van der Waals surface area contributed by atoms with E-state index in [0.29, 0.717) is 18.2 Å². The Morgan fingerprint density at radius 2 is 1.74 bits per heavy atom. The van der Waals surface area contributed by atoms with Crippen molar-refractivity contribution < 1.29 is 19.0 Å². The normalized spacial score (nSPS) is 17.5. The quantitative estimate of drug-likeness (QED) is 0.838. The van der Waals surface area contributed by atoms with Crippen molar-refractivity contribution in [3.8, 4) is 17.2 Å². The summed E-state index contributed by atoms with van der Waals surface area (Å²) in [4.78, 5) is 14.1. The lowest BCUT2D eigenvalue weighted by atomic mass is 9.97. The van der Waals surface area contributed by atoms with Crippen LogP contribution in [0.3, 0.4) is 0 Å². The molecule has 1 aliphatic carbocycles. The molecule has 0 radical (unpaired) electrons. The summed E-state index contributed by atoms with van der Waals surface area (Å²) in [6, 6.07) is 3.72. The van der Waals surface area contributed by atoms with Gasteiger partial charge in [-0.1, -0.05) is 6.08 Å². The number of carbonyl (C=O) groups excluding carboxylic acids is 1. The number of amides is 1. The molecule has 1 heterocycles. The number of hydrogen-bond donors (Lipinski definition) is 0. The Bertz CT molecular complexity index is 609. The van der Waals surface area contributed by atoms with Crippen molar-refractivity contribution >= 4 is 11.5 Å². The zero-order chi connectivity index (χ0) is 16.4. The molecular weight excluding hydrogens is 294 g/mol. The predicted octanol–water partition coefficient (Wildman–Crippen LogP) is 2.74. The second kappa shape index (κ2) is 6.52. The van der Waals surface area contributed by atoms with Gasteiger partial charge in [-0.15, -0.1) is 0 Å². The molecule has 1 fully saturated rings. The van der Waals surface area contributed by atoms with Gasteiger partial charge in [-0.25, -0.2) is 0 Å². The smallest absolute Gasteiger partial charge is 0.225 e. The highest BCUT2D eigenvalue weighted by atomic mass is 16.5. The van der Waals surface area contributed by atoms with Gasteiger partial charge in [-0.3, -0.25) is 4.79 Å². The van der Waals surface area contributed by atoms with E-state index in [9.17, 15) is 4.79 Å². The van der Waals surface area contributed by atoms with Crippen LogP contribution < -0.4 is 14.2 Å². The molecule has 0 bridgehead atoms. The molecular formula is C18H23NO4. The lowest BCUT2D eigenvalue weighted by Crippen LogP contribution is -2.35. The molecule has 1 aliphatic heterocycles. The van der Waals surface area contributed by atoms with E-state index in [-0.39, 0.29) is 5.92 Å². The Hall–Kier alpha value is -2.17. The minimum absolute atomic E-state index is 0.273. The maximum Gasteiger partial charge on any atom is 0.225 e. The topological polar surface area (TPSA) is 48.0 Å². The van der Waals surface area contributed by atoms with E-state index < -0.39 is 0 Å². The minimum Gasteiger partial charge on any atom is -0.496 e. The molecule has 0 N–H and O–H groups in total. The zero-order valence-corrected chi connectivity index (χ0v) is 13.9. The average molecular weight is 317 g/mol. The van der Waals surface area contributed by atoms with Crippen LogP contribution in [0.1, 0.15) is 24.8 Å². The molecule has 1 aromatic rings. The Balaban J connectivity index is 1.87. The van der Waals surface area contributed by atoms with Crippen LogP contribution in [0.2, 0.25) is 0 Å². The van der Waals surface area contributed by atoms with Crippen molar-refractivity contribution in [2.24, 2.45) is 5.92 Å². The van der Waals surface area contributed by atoms with Crippen LogP contribution in [0.25, 0.3) is 5.57 Å². The summed E-state index contributed by atoms with van der Waals surface area (Å²) < 4.78 is 16.3. The van der Waals surface area contributed by atoms with Gasteiger partial charge in [0.15, 0.2) is 0 Å². The van der Waals surface area contributed by atoms with Gasteiger partial charge in [0.2, 0.25) is 5.91 Å². The van der Waals surface area contributed by atoms with Crippen molar-refractivity contribution in [3.05, 3.63) is 23.8 Å². The largest absolute Gasteiger partial charge is 0.496 e. The van der Waals surface area contributed by atoms with Gasteiger partial charge >= 0.3 is 0 Å². The standard InChI is InChI=1S/C18H23NO4/c1-21-14-10-15(22-2)17(16(11-14)23-3)12-6-8-19(9-7-12)18(20)13-4-5-13/h6,10-11,13H,4-5,7-9H2,1-3H3. The highest BCUT2D eigenvalue weighted by molar-refractivity contribution is 5.83. The highest BCUT2D eigenvalue weighted by Gasteiger charge is 2.34.